The van der Waals surface area contributed by atoms with Gasteiger partial charge in [-0.05, 0) is 86.2 Å². The number of rotatable bonds is 8. The molecule has 2 saturated heterocycles. The van der Waals surface area contributed by atoms with Gasteiger partial charge >= 0.3 is 0 Å². The van der Waals surface area contributed by atoms with Gasteiger partial charge in [-0.15, -0.1) is 0 Å². The minimum atomic E-state index is -0.0915. The van der Waals surface area contributed by atoms with Gasteiger partial charge in [-0.3, -0.25) is 19.8 Å². The maximum Gasteiger partial charge on any atom is 0.251 e. The van der Waals surface area contributed by atoms with Crippen LogP contribution in [0.3, 0.4) is 0 Å². The molecule has 0 spiro atoms. The smallest absolute Gasteiger partial charge is 0.251 e. The average molecular weight is 524 g/mol. The lowest BCUT2D eigenvalue weighted by molar-refractivity contribution is -0.0778. The second-order valence-electron chi connectivity index (χ2n) is 10.9. The Kier molecular flexibility index (Phi) is 6.50. The number of hydrogen-bond acceptors (Lipinski definition) is 6. The number of nitrogens with zero attached hydrogens (tertiary/aromatic N) is 3. The van der Waals surface area contributed by atoms with E-state index in [1.54, 1.807) is 6.20 Å². The largest absolute Gasteiger partial charge is 0.490 e. The molecule has 3 fully saturated rings. The van der Waals surface area contributed by atoms with E-state index in [0.717, 1.165) is 85.6 Å². The number of pyridine rings is 1. The first-order valence-corrected chi connectivity index (χ1v) is 14.0. The molecule has 2 aromatic carbocycles. The van der Waals surface area contributed by atoms with Crippen LogP contribution in [0.4, 0.5) is 0 Å². The third kappa shape index (κ3) is 5.14. The highest BCUT2D eigenvalue weighted by molar-refractivity contribution is 6.01. The number of benzene rings is 2. The number of amides is 1. The molecule has 1 amide bonds. The molecule has 0 bridgehead atoms. The molecule has 4 heterocycles. The Morgan fingerprint density at radius 3 is 2.54 bits per heavy atom. The number of fused-ring (bicyclic) bond motifs is 1. The van der Waals surface area contributed by atoms with Gasteiger partial charge in [-0.25, -0.2) is 0 Å². The van der Waals surface area contributed by atoms with Crippen LogP contribution in [0.15, 0.2) is 66.9 Å². The fourth-order valence-corrected chi connectivity index (χ4v) is 5.70. The SMILES string of the molecule is O=C(N[C@@H](c1ccccn1)C1CC1)c1ccc2[nH]nc(-c3ccc(OC4CCN(C5COC5)CC4)cc3)c2c1. The summed E-state index contributed by atoms with van der Waals surface area (Å²) in [6.07, 6.45) is 6.32. The molecule has 1 saturated carbocycles. The van der Waals surface area contributed by atoms with Crippen LogP contribution in [0.1, 0.15) is 47.8 Å². The van der Waals surface area contributed by atoms with Crippen molar-refractivity contribution in [2.75, 3.05) is 26.3 Å². The molecule has 2 aliphatic heterocycles. The third-order valence-electron chi connectivity index (χ3n) is 8.26. The monoisotopic (exact) mass is 523 g/mol. The highest BCUT2D eigenvalue weighted by Gasteiger charge is 2.34. The van der Waals surface area contributed by atoms with Gasteiger partial charge in [0.1, 0.15) is 11.9 Å². The first kappa shape index (κ1) is 24.3. The molecular formula is C31H33N5O3. The highest BCUT2D eigenvalue weighted by atomic mass is 16.5. The van der Waals surface area contributed by atoms with Crippen molar-refractivity contribution in [3.8, 4) is 17.0 Å². The van der Waals surface area contributed by atoms with Crippen LogP contribution < -0.4 is 10.1 Å². The Balaban J connectivity index is 1.04. The molecule has 4 aromatic rings. The number of carbonyl (C=O) groups excluding carboxylic acids is 1. The number of nitrogens with one attached hydrogen (secondary N) is 2. The zero-order valence-electron chi connectivity index (χ0n) is 21.9. The Labute approximate surface area is 227 Å². The van der Waals surface area contributed by atoms with E-state index >= 15 is 0 Å². The lowest BCUT2D eigenvalue weighted by Crippen LogP contribution is -2.52. The van der Waals surface area contributed by atoms with E-state index in [9.17, 15) is 4.79 Å². The summed E-state index contributed by atoms with van der Waals surface area (Å²) < 4.78 is 11.6. The third-order valence-corrected chi connectivity index (χ3v) is 8.26. The maximum absolute atomic E-state index is 13.3. The average Bonchev–Trinajstić information content (AvgIpc) is 3.71. The lowest BCUT2D eigenvalue weighted by atomic mass is 10.0. The molecule has 7 rings (SSSR count). The van der Waals surface area contributed by atoms with E-state index in [1.165, 1.54) is 0 Å². The minimum Gasteiger partial charge on any atom is -0.490 e. The van der Waals surface area contributed by atoms with Crippen molar-refractivity contribution in [1.29, 1.82) is 0 Å². The van der Waals surface area contributed by atoms with E-state index in [0.29, 0.717) is 17.5 Å². The van der Waals surface area contributed by atoms with Gasteiger partial charge in [-0.1, -0.05) is 6.07 Å². The molecule has 3 aliphatic rings. The Morgan fingerprint density at radius 1 is 1.03 bits per heavy atom. The summed E-state index contributed by atoms with van der Waals surface area (Å²) >= 11 is 0. The molecule has 39 heavy (non-hydrogen) atoms. The van der Waals surface area contributed by atoms with Crippen molar-refractivity contribution in [2.24, 2.45) is 5.92 Å². The summed E-state index contributed by atoms with van der Waals surface area (Å²) in [5.41, 5.74) is 4.24. The molecule has 8 heteroatoms. The topological polar surface area (TPSA) is 92.4 Å². The van der Waals surface area contributed by atoms with E-state index in [1.807, 2.05) is 60.7 Å². The quantitative estimate of drug-likeness (QED) is 0.346. The van der Waals surface area contributed by atoms with Gasteiger partial charge in [0, 0.05) is 35.8 Å². The normalized spacial score (nSPS) is 19.5. The van der Waals surface area contributed by atoms with Crippen molar-refractivity contribution in [2.45, 2.75) is 43.9 Å². The number of hydrogen-bond donors (Lipinski definition) is 2. The van der Waals surface area contributed by atoms with Gasteiger partial charge in [0.2, 0.25) is 0 Å². The predicted octanol–water partition coefficient (Wildman–Crippen LogP) is 4.75. The second kappa shape index (κ2) is 10.4. The van der Waals surface area contributed by atoms with Crippen molar-refractivity contribution in [1.82, 2.24) is 25.4 Å². The molecule has 0 radical (unpaired) electrons. The summed E-state index contributed by atoms with van der Waals surface area (Å²) in [4.78, 5) is 20.3. The van der Waals surface area contributed by atoms with Crippen molar-refractivity contribution in [3.05, 3.63) is 78.1 Å². The molecule has 2 N–H and O–H groups in total. The first-order valence-electron chi connectivity index (χ1n) is 14.0. The van der Waals surface area contributed by atoms with Crippen molar-refractivity contribution in [3.63, 3.8) is 0 Å². The van der Waals surface area contributed by atoms with Gasteiger partial charge in [0.25, 0.3) is 5.91 Å². The number of ether oxygens (including phenoxy) is 2. The number of likely N-dealkylation sites (tertiary alicyclic amines) is 1. The second-order valence-corrected chi connectivity index (χ2v) is 10.9. The van der Waals surface area contributed by atoms with Crippen LogP contribution in [0.25, 0.3) is 22.2 Å². The fraction of sp³-hybridized carbons (Fsp3) is 0.387. The Bertz CT molecular complexity index is 1440. The number of aromatic nitrogens is 3. The van der Waals surface area contributed by atoms with Crippen molar-refractivity contribution >= 4 is 16.8 Å². The van der Waals surface area contributed by atoms with E-state index in [4.69, 9.17) is 9.47 Å². The summed E-state index contributed by atoms with van der Waals surface area (Å²) in [6.45, 7) is 3.87. The molecule has 1 atom stereocenters. The standard InChI is InChI=1S/C31H33N5O3/c37-31(33-30(21-4-5-21)28-3-1-2-14-32-28)22-8-11-27-26(17-22)29(35-34-27)20-6-9-24(10-7-20)39-25-12-15-36(16-13-25)23-18-38-19-23/h1-3,6-11,14,17,21,23,25,30H,4-5,12-13,15-16,18-19H2,(H,33,37)(H,34,35)/t30-/m1/s1. The maximum atomic E-state index is 13.3. The highest BCUT2D eigenvalue weighted by Crippen LogP contribution is 2.40. The van der Waals surface area contributed by atoms with Crippen LogP contribution in [-0.2, 0) is 4.74 Å². The van der Waals surface area contributed by atoms with Crippen LogP contribution in [-0.4, -0.2) is 64.4 Å². The molecular weight excluding hydrogens is 490 g/mol. The number of piperidine rings is 1. The van der Waals surface area contributed by atoms with E-state index in [-0.39, 0.29) is 18.1 Å². The molecule has 8 nitrogen and oxygen atoms in total. The Morgan fingerprint density at radius 2 is 1.85 bits per heavy atom. The van der Waals surface area contributed by atoms with Crippen LogP contribution in [0, 0.1) is 5.92 Å². The molecule has 0 unspecified atom stereocenters. The number of carbonyl (C=O) groups is 1. The predicted molar refractivity (Wildman–Crippen MR) is 149 cm³/mol. The summed E-state index contributed by atoms with van der Waals surface area (Å²) in [5, 5.41) is 11.8. The Hall–Kier alpha value is -3.75. The van der Waals surface area contributed by atoms with Gasteiger partial charge in [-0.2, -0.15) is 5.10 Å². The van der Waals surface area contributed by atoms with Crippen LogP contribution >= 0.6 is 0 Å². The van der Waals surface area contributed by atoms with Crippen molar-refractivity contribution < 1.29 is 14.3 Å². The lowest BCUT2D eigenvalue weighted by Gasteiger charge is -2.41. The minimum absolute atomic E-state index is 0.0646. The first-order chi connectivity index (χ1) is 19.2. The summed E-state index contributed by atoms with van der Waals surface area (Å²) in [6, 6.07) is 20.2. The van der Waals surface area contributed by atoms with Crippen LogP contribution in [0.2, 0.25) is 0 Å². The van der Waals surface area contributed by atoms with E-state index < -0.39 is 0 Å². The van der Waals surface area contributed by atoms with Gasteiger partial charge < -0.3 is 14.8 Å². The summed E-state index contributed by atoms with van der Waals surface area (Å²) in [7, 11) is 0. The number of H-pyrrole nitrogens is 1. The zero-order valence-corrected chi connectivity index (χ0v) is 21.9. The van der Waals surface area contributed by atoms with Gasteiger partial charge in [0.05, 0.1) is 42.2 Å². The zero-order chi connectivity index (χ0) is 26.2. The molecule has 200 valence electrons. The molecule has 1 aliphatic carbocycles. The number of aromatic amines is 1. The molecule has 2 aromatic heterocycles. The fourth-order valence-electron chi connectivity index (χ4n) is 5.70. The summed E-state index contributed by atoms with van der Waals surface area (Å²) in [5.74, 6) is 1.23. The van der Waals surface area contributed by atoms with Gasteiger partial charge in [0.15, 0.2) is 0 Å². The van der Waals surface area contributed by atoms with Crippen LogP contribution in [0.5, 0.6) is 5.75 Å². The van der Waals surface area contributed by atoms with E-state index in [2.05, 4.69) is 25.4 Å².